The lowest BCUT2D eigenvalue weighted by Gasteiger charge is -2.05. The highest BCUT2D eigenvalue weighted by molar-refractivity contribution is 6.00. The molecule has 0 bridgehead atoms. The lowest BCUT2D eigenvalue weighted by molar-refractivity contribution is 0.0996. The fraction of sp³-hybridized carbons (Fsp3) is 0. The van der Waals surface area contributed by atoms with Crippen LogP contribution < -0.4 is 16.8 Å². The van der Waals surface area contributed by atoms with Gasteiger partial charge in [0.2, 0.25) is 0 Å². The zero-order valence-electron chi connectivity index (χ0n) is 12.4. The molecule has 0 aliphatic heterocycles. The number of benzene rings is 1. The van der Waals surface area contributed by atoms with Gasteiger partial charge in [-0.3, -0.25) is 4.79 Å². The van der Waals surface area contributed by atoms with Crippen LogP contribution in [0.3, 0.4) is 0 Å². The van der Waals surface area contributed by atoms with Gasteiger partial charge in [0.15, 0.2) is 5.69 Å². The third-order valence-corrected chi connectivity index (χ3v) is 3.21. The van der Waals surface area contributed by atoms with Crippen molar-refractivity contribution in [2.75, 3.05) is 5.32 Å². The molecule has 5 N–H and O–H groups in total. The Balaban J connectivity index is 2.03. The summed E-state index contributed by atoms with van der Waals surface area (Å²) in [5.74, 6) is -0.773. The molecule has 0 saturated heterocycles. The first-order chi connectivity index (χ1) is 11.5. The number of nitrogens with one attached hydrogen (secondary N) is 1. The normalized spacial score (nSPS) is 10.3. The number of aromatic nitrogens is 4. The number of anilines is 1. The van der Waals surface area contributed by atoms with E-state index in [-0.39, 0.29) is 11.4 Å². The van der Waals surface area contributed by atoms with Crippen molar-refractivity contribution < 1.29 is 9.59 Å². The monoisotopic (exact) mass is 323 g/mol. The molecule has 2 heterocycles. The van der Waals surface area contributed by atoms with E-state index in [0.717, 1.165) is 11.1 Å². The molecular formula is C15H13N7O2. The second-order valence-electron chi connectivity index (χ2n) is 4.87. The van der Waals surface area contributed by atoms with Crippen molar-refractivity contribution in [1.82, 2.24) is 19.7 Å². The number of carbonyl (C=O) groups is 2. The Bertz CT molecular complexity index is 905. The molecule has 1 aromatic carbocycles. The van der Waals surface area contributed by atoms with Crippen LogP contribution in [0.4, 0.5) is 10.5 Å². The molecule has 3 amide bonds. The van der Waals surface area contributed by atoms with E-state index in [1.165, 1.54) is 17.2 Å². The molecule has 0 spiro atoms. The van der Waals surface area contributed by atoms with Gasteiger partial charge in [-0.15, -0.1) is 0 Å². The van der Waals surface area contributed by atoms with Gasteiger partial charge in [-0.1, -0.05) is 12.1 Å². The highest BCUT2D eigenvalue weighted by Crippen LogP contribution is 2.22. The zero-order chi connectivity index (χ0) is 17.1. The van der Waals surface area contributed by atoms with Gasteiger partial charge >= 0.3 is 6.03 Å². The van der Waals surface area contributed by atoms with Gasteiger partial charge in [-0.05, 0) is 17.7 Å². The minimum atomic E-state index is -0.813. The summed E-state index contributed by atoms with van der Waals surface area (Å²) >= 11 is 0. The molecule has 0 fully saturated rings. The van der Waals surface area contributed by atoms with E-state index in [4.69, 9.17) is 11.5 Å². The average Bonchev–Trinajstić information content (AvgIpc) is 2.99. The van der Waals surface area contributed by atoms with E-state index in [1.807, 2.05) is 18.2 Å². The Morgan fingerprint density at radius 1 is 1.08 bits per heavy atom. The Kier molecular flexibility index (Phi) is 3.89. The van der Waals surface area contributed by atoms with Crippen LogP contribution >= 0.6 is 0 Å². The quantitative estimate of drug-likeness (QED) is 0.654. The van der Waals surface area contributed by atoms with Crippen molar-refractivity contribution in [2.24, 2.45) is 11.5 Å². The topological polar surface area (TPSA) is 142 Å². The van der Waals surface area contributed by atoms with Crippen LogP contribution in [0.25, 0.3) is 16.8 Å². The molecular weight excluding hydrogens is 310 g/mol. The fourth-order valence-corrected chi connectivity index (χ4v) is 2.19. The minimum Gasteiger partial charge on any atom is -0.364 e. The lowest BCUT2D eigenvalue weighted by Crippen LogP contribution is -2.22. The molecule has 3 aromatic rings. The first-order valence-corrected chi connectivity index (χ1v) is 6.86. The van der Waals surface area contributed by atoms with Crippen LogP contribution in [-0.4, -0.2) is 31.7 Å². The fourth-order valence-electron chi connectivity index (χ4n) is 2.19. The van der Waals surface area contributed by atoms with Gasteiger partial charge in [0.1, 0.15) is 6.33 Å². The van der Waals surface area contributed by atoms with Crippen molar-refractivity contribution in [1.29, 1.82) is 0 Å². The number of amides is 3. The van der Waals surface area contributed by atoms with Crippen LogP contribution in [-0.2, 0) is 0 Å². The molecule has 2 aromatic heterocycles. The van der Waals surface area contributed by atoms with Crippen molar-refractivity contribution in [3.05, 3.63) is 54.9 Å². The number of nitrogens with zero attached hydrogens (tertiary/aromatic N) is 4. The van der Waals surface area contributed by atoms with Crippen molar-refractivity contribution in [2.45, 2.75) is 0 Å². The van der Waals surface area contributed by atoms with Gasteiger partial charge < -0.3 is 16.8 Å². The van der Waals surface area contributed by atoms with Crippen molar-refractivity contribution in [3.8, 4) is 16.8 Å². The summed E-state index contributed by atoms with van der Waals surface area (Å²) in [6.45, 7) is 0. The van der Waals surface area contributed by atoms with E-state index < -0.39 is 11.9 Å². The first kappa shape index (κ1) is 15.2. The molecule has 9 nitrogen and oxygen atoms in total. The van der Waals surface area contributed by atoms with Crippen LogP contribution in [0.5, 0.6) is 0 Å². The van der Waals surface area contributed by atoms with Gasteiger partial charge in [0.05, 0.1) is 17.6 Å². The Morgan fingerprint density at radius 2 is 1.83 bits per heavy atom. The maximum atomic E-state index is 11.5. The second kappa shape index (κ2) is 6.16. The van der Waals surface area contributed by atoms with E-state index in [1.54, 1.807) is 18.5 Å². The summed E-state index contributed by atoms with van der Waals surface area (Å²) in [4.78, 5) is 30.5. The predicted octanol–water partition coefficient (Wildman–Crippen LogP) is 0.919. The van der Waals surface area contributed by atoms with Gasteiger partial charge in [-0.25, -0.2) is 19.4 Å². The summed E-state index contributed by atoms with van der Waals surface area (Å²) in [6, 6.07) is 6.53. The number of nitrogens with two attached hydrogens (primary N) is 2. The Morgan fingerprint density at radius 3 is 2.50 bits per heavy atom. The molecule has 0 radical (unpaired) electrons. The van der Waals surface area contributed by atoms with Crippen LogP contribution in [0.1, 0.15) is 10.5 Å². The number of carbonyl (C=O) groups excluding carboxylic acids is 2. The molecule has 0 aliphatic rings. The van der Waals surface area contributed by atoms with E-state index in [9.17, 15) is 9.59 Å². The maximum Gasteiger partial charge on any atom is 0.316 e. The van der Waals surface area contributed by atoms with Gasteiger partial charge in [0.25, 0.3) is 5.91 Å². The zero-order valence-corrected chi connectivity index (χ0v) is 12.4. The van der Waals surface area contributed by atoms with Crippen molar-refractivity contribution in [3.63, 3.8) is 0 Å². The highest BCUT2D eigenvalue weighted by atomic mass is 16.2. The maximum absolute atomic E-state index is 11.5. The van der Waals surface area contributed by atoms with Crippen LogP contribution in [0, 0.1) is 0 Å². The molecule has 120 valence electrons. The molecule has 9 heteroatoms. The molecule has 3 rings (SSSR count). The molecule has 24 heavy (non-hydrogen) atoms. The predicted molar refractivity (Wildman–Crippen MR) is 86.3 cm³/mol. The summed E-state index contributed by atoms with van der Waals surface area (Å²) < 4.78 is 1.43. The molecule has 0 aliphatic carbocycles. The van der Waals surface area contributed by atoms with E-state index in [0.29, 0.717) is 5.69 Å². The van der Waals surface area contributed by atoms with Gasteiger partial charge in [0, 0.05) is 18.0 Å². The lowest BCUT2D eigenvalue weighted by atomic mass is 10.1. The molecule has 0 unspecified atom stereocenters. The third-order valence-electron chi connectivity index (χ3n) is 3.21. The van der Waals surface area contributed by atoms with Crippen molar-refractivity contribution >= 4 is 17.6 Å². The van der Waals surface area contributed by atoms with Crippen LogP contribution in [0.2, 0.25) is 0 Å². The second-order valence-corrected chi connectivity index (χ2v) is 4.87. The largest absolute Gasteiger partial charge is 0.364 e. The smallest absolute Gasteiger partial charge is 0.316 e. The number of primary amides is 2. The standard InChI is InChI=1S/C15H13N7O2/c16-14(23)13-12(20-15(17)24)7-22(21-13)11-3-1-2-9(4-11)10-5-18-8-19-6-10/h1-8H,(H2,16,23)(H3,17,20,24). The number of rotatable bonds is 4. The summed E-state index contributed by atoms with van der Waals surface area (Å²) in [7, 11) is 0. The third kappa shape index (κ3) is 3.04. The number of urea groups is 1. The average molecular weight is 323 g/mol. The number of hydrogen-bond donors (Lipinski definition) is 3. The van der Waals surface area contributed by atoms with E-state index >= 15 is 0 Å². The molecule has 0 atom stereocenters. The SMILES string of the molecule is NC(=O)Nc1cn(-c2cccc(-c3cncnc3)c2)nc1C(N)=O. The summed E-state index contributed by atoms with van der Waals surface area (Å²) in [6.07, 6.45) is 6.28. The molecule has 0 saturated carbocycles. The number of hydrogen-bond acceptors (Lipinski definition) is 5. The van der Waals surface area contributed by atoms with Gasteiger partial charge in [-0.2, -0.15) is 5.10 Å². The summed E-state index contributed by atoms with van der Waals surface area (Å²) in [5, 5.41) is 6.43. The highest BCUT2D eigenvalue weighted by Gasteiger charge is 2.16. The van der Waals surface area contributed by atoms with Crippen LogP contribution in [0.15, 0.2) is 49.2 Å². The minimum absolute atomic E-state index is 0.0813. The first-order valence-electron chi connectivity index (χ1n) is 6.86. The van der Waals surface area contributed by atoms with E-state index in [2.05, 4.69) is 20.4 Å². The Hall–Kier alpha value is -3.75. The Labute approximate surface area is 136 Å². The summed E-state index contributed by atoms with van der Waals surface area (Å²) in [5.41, 5.74) is 12.8.